The van der Waals surface area contributed by atoms with Gasteiger partial charge in [0.15, 0.2) is 5.78 Å². The molecular formula is C23H34O. The quantitative estimate of drug-likeness (QED) is 0.532. The highest BCUT2D eigenvalue weighted by Crippen LogP contribution is 2.66. The van der Waals surface area contributed by atoms with E-state index in [-0.39, 0.29) is 0 Å². The molecule has 4 aliphatic rings. The molecule has 0 aromatic rings. The Morgan fingerprint density at radius 2 is 1.83 bits per heavy atom. The summed E-state index contributed by atoms with van der Waals surface area (Å²) in [4.78, 5) is 11.9. The van der Waals surface area contributed by atoms with E-state index in [1.807, 2.05) is 6.08 Å². The van der Waals surface area contributed by atoms with E-state index in [1.165, 1.54) is 49.7 Å². The van der Waals surface area contributed by atoms with E-state index >= 15 is 0 Å². The SMILES string of the molecule is CC(C)=C[C@H]1CC[C@H]2[C@@H]3CCC4=CC(=O)CC[C@]4(C)[C@H]3CC[C@]12C. The van der Waals surface area contributed by atoms with Gasteiger partial charge in [-0.25, -0.2) is 0 Å². The van der Waals surface area contributed by atoms with Gasteiger partial charge < -0.3 is 0 Å². The van der Waals surface area contributed by atoms with Crippen molar-refractivity contribution in [3.8, 4) is 0 Å². The first-order chi connectivity index (χ1) is 11.3. The van der Waals surface area contributed by atoms with Gasteiger partial charge in [0.05, 0.1) is 0 Å². The number of allylic oxidation sites excluding steroid dienone is 3. The topological polar surface area (TPSA) is 17.1 Å². The van der Waals surface area contributed by atoms with Crippen LogP contribution in [0.5, 0.6) is 0 Å². The minimum absolute atomic E-state index is 0.326. The zero-order chi connectivity index (χ0) is 17.1. The third-order valence-electron chi connectivity index (χ3n) is 8.57. The first-order valence-electron chi connectivity index (χ1n) is 10.2. The maximum Gasteiger partial charge on any atom is 0.155 e. The van der Waals surface area contributed by atoms with Crippen molar-refractivity contribution in [1.29, 1.82) is 0 Å². The Balaban J connectivity index is 1.65. The number of carbonyl (C=O) groups excluding carboxylic acids is 1. The molecule has 132 valence electrons. The van der Waals surface area contributed by atoms with Crippen molar-refractivity contribution in [3.63, 3.8) is 0 Å². The predicted molar refractivity (Wildman–Crippen MR) is 99.6 cm³/mol. The molecule has 0 N–H and O–H groups in total. The molecule has 0 aromatic carbocycles. The summed E-state index contributed by atoms with van der Waals surface area (Å²) in [6, 6.07) is 0. The first kappa shape index (κ1) is 16.6. The Bertz CT molecular complexity index is 608. The fourth-order valence-corrected chi connectivity index (χ4v) is 7.28. The fourth-order valence-electron chi connectivity index (χ4n) is 7.28. The number of ketones is 1. The molecule has 1 heteroatoms. The Hall–Kier alpha value is -0.850. The largest absolute Gasteiger partial charge is 0.295 e. The van der Waals surface area contributed by atoms with E-state index in [4.69, 9.17) is 0 Å². The maximum atomic E-state index is 11.9. The highest BCUT2D eigenvalue weighted by Gasteiger charge is 2.58. The molecule has 3 saturated carbocycles. The molecule has 0 aliphatic heterocycles. The maximum absolute atomic E-state index is 11.9. The summed E-state index contributed by atoms with van der Waals surface area (Å²) in [7, 11) is 0. The summed E-state index contributed by atoms with van der Waals surface area (Å²) < 4.78 is 0. The molecule has 0 saturated heterocycles. The monoisotopic (exact) mass is 326 g/mol. The minimum Gasteiger partial charge on any atom is -0.295 e. The highest BCUT2D eigenvalue weighted by atomic mass is 16.1. The molecule has 0 heterocycles. The Morgan fingerprint density at radius 1 is 1.04 bits per heavy atom. The van der Waals surface area contributed by atoms with Crippen LogP contribution in [-0.4, -0.2) is 5.78 Å². The predicted octanol–water partition coefficient (Wildman–Crippen LogP) is 6.10. The number of carbonyl (C=O) groups is 1. The smallest absolute Gasteiger partial charge is 0.155 e. The van der Waals surface area contributed by atoms with Gasteiger partial charge in [-0.2, -0.15) is 0 Å². The molecule has 4 rings (SSSR count). The average Bonchev–Trinajstić information content (AvgIpc) is 2.84. The number of rotatable bonds is 1. The van der Waals surface area contributed by atoms with Gasteiger partial charge >= 0.3 is 0 Å². The second-order valence-corrected chi connectivity index (χ2v) is 9.94. The summed E-state index contributed by atoms with van der Waals surface area (Å²) in [5.74, 6) is 3.81. The Labute approximate surface area is 148 Å². The van der Waals surface area contributed by atoms with Crippen LogP contribution in [0.15, 0.2) is 23.3 Å². The number of fused-ring (bicyclic) bond motifs is 5. The molecule has 0 amide bonds. The van der Waals surface area contributed by atoms with Crippen LogP contribution in [0.25, 0.3) is 0 Å². The van der Waals surface area contributed by atoms with Gasteiger partial charge in [-0.15, -0.1) is 0 Å². The summed E-state index contributed by atoms with van der Waals surface area (Å²) >= 11 is 0. The zero-order valence-electron chi connectivity index (χ0n) is 16.0. The van der Waals surface area contributed by atoms with E-state index in [1.54, 1.807) is 0 Å². The summed E-state index contributed by atoms with van der Waals surface area (Å²) in [6.45, 7) is 9.62. The van der Waals surface area contributed by atoms with Gasteiger partial charge in [0.2, 0.25) is 0 Å². The van der Waals surface area contributed by atoms with E-state index in [0.717, 1.165) is 36.5 Å². The molecule has 0 aromatic heterocycles. The summed E-state index contributed by atoms with van der Waals surface area (Å²) in [5.41, 5.74) is 3.85. The van der Waals surface area contributed by atoms with Crippen LogP contribution >= 0.6 is 0 Å². The van der Waals surface area contributed by atoms with E-state index in [2.05, 4.69) is 33.8 Å². The molecule has 0 unspecified atom stereocenters. The second kappa shape index (κ2) is 5.58. The van der Waals surface area contributed by atoms with Crippen LogP contribution in [-0.2, 0) is 4.79 Å². The van der Waals surface area contributed by atoms with Gasteiger partial charge in [-0.1, -0.05) is 31.1 Å². The molecule has 0 spiro atoms. The van der Waals surface area contributed by atoms with Crippen LogP contribution in [0.1, 0.15) is 79.1 Å². The summed E-state index contributed by atoms with van der Waals surface area (Å²) in [6.07, 6.45) is 14.6. The molecular weight excluding hydrogens is 292 g/mol. The van der Waals surface area contributed by atoms with Crippen molar-refractivity contribution in [3.05, 3.63) is 23.3 Å². The molecule has 24 heavy (non-hydrogen) atoms. The highest BCUT2D eigenvalue weighted by molar-refractivity contribution is 5.91. The van der Waals surface area contributed by atoms with Crippen molar-refractivity contribution in [2.24, 2.45) is 34.5 Å². The standard InChI is InChI=1S/C23H34O/c1-15(2)13-16-6-8-20-19-7-5-17-14-18(24)9-11-22(17,3)21(19)10-12-23(16,20)4/h13-14,16,19-21H,5-12H2,1-4H3/t16-,19+,20+,21+,22+,23-/m1/s1. The van der Waals surface area contributed by atoms with Gasteiger partial charge in [0.25, 0.3) is 0 Å². The second-order valence-electron chi connectivity index (χ2n) is 9.94. The fraction of sp³-hybridized carbons (Fsp3) is 0.783. The number of hydrogen-bond acceptors (Lipinski definition) is 1. The van der Waals surface area contributed by atoms with Crippen molar-refractivity contribution >= 4 is 5.78 Å². The molecule has 3 fully saturated rings. The molecule has 6 atom stereocenters. The van der Waals surface area contributed by atoms with Crippen LogP contribution in [0.4, 0.5) is 0 Å². The minimum atomic E-state index is 0.326. The third-order valence-corrected chi connectivity index (χ3v) is 8.57. The van der Waals surface area contributed by atoms with Crippen LogP contribution < -0.4 is 0 Å². The van der Waals surface area contributed by atoms with Crippen molar-refractivity contribution in [2.45, 2.75) is 79.1 Å². The van der Waals surface area contributed by atoms with Gasteiger partial charge in [0, 0.05) is 6.42 Å². The summed E-state index contributed by atoms with van der Waals surface area (Å²) in [5, 5.41) is 0. The normalized spacial score (nSPS) is 47.3. The third kappa shape index (κ3) is 2.30. The first-order valence-corrected chi connectivity index (χ1v) is 10.2. The lowest BCUT2D eigenvalue weighted by Gasteiger charge is -2.58. The van der Waals surface area contributed by atoms with Crippen LogP contribution in [0.2, 0.25) is 0 Å². The van der Waals surface area contributed by atoms with Gasteiger partial charge in [-0.05, 0) is 99.4 Å². The van der Waals surface area contributed by atoms with Gasteiger partial charge in [0.1, 0.15) is 0 Å². The van der Waals surface area contributed by atoms with E-state index in [9.17, 15) is 4.79 Å². The van der Waals surface area contributed by atoms with Crippen LogP contribution in [0, 0.1) is 34.5 Å². The molecule has 4 aliphatic carbocycles. The van der Waals surface area contributed by atoms with E-state index in [0.29, 0.717) is 16.6 Å². The zero-order valence-corrected chi connectivity index (χ0v) is 16.0. The van der Waals surface area contributed by atoms with E-state index < -0.39 is 0 Å². The Kier molecular flexibility index (Phi) is 3.86. The lowest BCUT2D eigenvalue weighted by Crippen LogP contribution is -2.50. The van der Waals surface area contributed by atoms with Crippen LogP contribution in [0.3, 0.4) is 0 Å². The molecule has 0 bridgehead atoms. The van der Waals surface area contributed by atoms with Crippen molar-refractivity contribution < 1.29 is 4.79 Å². The Morgan fingerprint density at radius 3 is 2.58 bits per heavy atom. The average molecular weight is 327 g/mol. The van der Waals surface area contributed by atoms with Crippen molar-refractivity contribution in [1.82, 2.24) is 0 Å². The van der Waals surface area contributed by atoms with Crippen molar-refractivity contribution in [2.75, 3.05) is 0 Å². The lowest BCUT2D eigenvalue weighted by atomic mass is 9.47. The lowest BCUT2D eigenvalue weighted by molar-refractivity contribution is -0.117. The molecule has 1 nitrogen and oxygen atoms in total. The number of hydrogen-bond donors (Lipinski definition) is 0. The molecule has 0 radical (unpaired) electrons. The van der Waals surface area contributed by atoms with Gasteiger partial charge in [-0.3, -0.25) is 4.79 Å².